The van der Waals surface area contributed by atoms with Gasteiger partial charge in [-0.3, -0.25) is 4.79 Å². The molecule has 1 unspecified atom stereocenters. The van der Waals surface area contributed by atoms with Gasteiger partial charge in [0.2, 0.25) is 5.91 Å². The molecule has 0 bridgehead atoms. The normalized spacial score (nSPS) is 24.6. The molecule has 1 aliphatic rings. The largest absolute Gasteiger partial charge is 0.406 e. The van der Waals surface area contributed by atoms with Crippen molar-refractivity contribution >= 4 is 5.91 Å². The minimum absolute atomic E-state index is 0.0125. The van der Waals surface area contributed by atoms with Crippen LogP contribution in [0.25, 0.3) is 0 Å². The number of alkyl halides is 3. The van der Waals surface area contributed by atoms with Gasteiger partial charge in [0.05, 0.1) is 5.54 Å². The van der Waals surface area contributed by atoms with Crippen LogP contribution in [0.2, 0.25) is 0 Å². The van der Waals surface area contributed by atoms with E-state index in [2.05, 4.69) is 5.32 Å². The van der Waals surface area contributed by atoms with Crippen LogP contribution in [0.5, 0.6) is 0 Å². The van der Waals surface area contributed by atoms with Gasteiger partial charge in [-0.1, -0.05) is 13.8 Å². The lowest BCUT2D eigenvalue weighted by molar-refractivity contribution is -0.166. The number of carbonyl (C=O) groups excluding carboxylic acids is 1. The zero-order valence-electron chi connectivity index (χ0n) is 11.8. The zero-order chi connectivity index (χ0) is 14.7. The molecular weight excluding hydrogens is 257 g/mol. The van der Waals surface area contributed by atoms with Gasteiger partial charge in [-0.2, -0.15) is 13.2 Å². The van der Waals surface area contributed by atoms with Gasteiger partial charge in [0.1, 0.15) is 6.54 Å². The van der Waals surface area contributed by atoms with E-state index in [0.29, 0.717) is 13.0 Å². The molecule has 1 atom stereocenters. The van der Waals surface area contributed by atoms with E-state index in [-0.39, 0.29) is 12.5 Å². The van der Waals surface area contributed by atoms with Gasteiger partial charge in [-0.25, -0.2) is 0 Å². The third-order valence-corrected chi connectivity index (χ3v) is 3.33. The van der Waals surface area contributed by atoms with Crippen LogP contribution in [0.15, 0.2) is 0 Å². The van der Waals surface area contributed by atoms with Crippen LogP contribution in [-0.2, 0) is 4.79 Å². The topological polar surface area (TPSA) is 32.3 Å². The Hall–Kier alpha value is -0.780. The van der Waals surface area contributed by atoms with Crippen molar-refractivity contribution in [1.82, 2.24) is 10.2 Å². The van der Waals surface area contributed by atoms with Gasteiger partial charge in [-0.15, -0.1) is 0 Å². The summed E-state index contributed by atoms with van der Waals surface area (Å²) in [5, 5.41) is 3.08. The highest BCUT2D eigenvalue weighted by atomic mass is 19.4. The van der Waals surface area contributed by atoms with Gasteiger partial charge in [0, 0.05) is 6.54 Å². The summed E-state index contributed by atoms with van der Waals surface area (Å²) in [6.07, 6.45) is -1.92. The number of rotatable bonds is 4. The molecule has 3 nitrogen and oxygen atoms in total. The van der Waals surface area contributed by atoms with E-state index in [9.17, 15) is 18.0 Å². The van der Waals surface area contributed by atoms with Crippen LogP contribution in [0.1, 0.15) is 40.0 Å². The Balaban J connectivity index is 2.80. The number of carbonyl (C=O) groups is 1. The Morgan fingerprint density at radius 3 is 2.42 bits per heavy atom. The lowest BCUT2D eigenvalue weighted by Gasteiger charge is -2.38. The Labute approximate surface area is 112 Å². The summed E-state index contributed by atoms with van der Waals surface area (Å²) in [6.45, 7) is 4.99. The second-order valence-electron chi connectivity index (χ2n) is 5.91. The van der Waals surface area contributed by atoms with Crippen LogP contribution in [-0.4, -0.2) is 42.2 Å². The molecule has 1 rings (SSSR count). The van der Waals surface area contributed by atoms with Crippen LogP contribution in [0.3, 0.4) is 0 Å². The summed E-state index contributed by atoms with van der Waals surface area (Å²) < 4.78 is 37.8. The second kappa shape index (κ2) is 6.11. The van der Waals surface area contributed by atoms with Crippen LogP contribution >= 0.6 is 0 Å². The van der Waals surface area contributed by atoms with E-state index >= 15 is 0 Å². The van der Waals surface area contributed by atoms with Crippen molar-refractivity contribution in [1.29, 1.82) is 0 Å². The first-order valence-electron chi connectivity index (χ1n) is 6.75. The standard InChI is InChI=1S/C13H23F3N2O/c1-10(2)8-18(9-13(14,15)16)11(19)12(3)6-4-5-7-17-12/h10,17H,4-9H2,1-3H3. The number of hydrogen-bond donors (Lipinski definition) is 1. The van der Waals surface area contributed by atoms with Crippen LogP contribution < -0.4 is 5.32 Å². The summed E-state index contributed by atoms with van der Waals surface area (Å²) in [5.41, 5.74) is -0.849. The summed E-state index contributed by atoms with van der Waals surface area (Å²) >= 11 is 0. The van der Waals surface area contributed by atoms with Crippen molar-refractivity contribution in [2.24, 2.45) is 5.92 Å². The van der Waals surface area contributed by atoms with E-state index in [0.717, 1.165) is 17.7 Å². The van der Waals surface area contributed by atoms with Gasteiger partial charge >= 0.3 is 6.18 Å². The monoisotopic (exact) mass is 280 g/mol. The smallest absolute Gasteiger partial charge is 0.332 e. The highest BCUT2D eigenvalue weighted by molar-refractivity contribution is 5.86. The van der Waals surface area contributed by atoms with Crippen molar-refractivity contribution < 1.29 is 18.0 Å². The number of piperidine rings is 1. The van der Waals surface area contributed by atoms with E-state index in [1.807, 2.05) is 13.8 Å². The van der Waals surface area contributed by atoms with Crippen molar-refractivity contribution in [3.8, 4) is 0 Å². The maximum Gasteiger partial charge on any atom is 0.406 e. The third kappa shape index (κ3) is 5.01. The van der Waals surface area contributed by atoms with E-state index in [1.165, 1.54) is 0 Å². The molecule has 19 heavy (non-hydrogen) atoms. The lowest BCUT2D eigenvalue weighted by Crippen LogP contribution is -2.59. The molecule has 0 aromatic carbocycles. The highest BCUT2D eigenvalue weighted by Gasteiger charge is 2.41. The van der Waals surface area contributed by atoms with Crippen molar-refractivity contribution in [2.75, 3.05) is 19.6 Å². The molecule has 112 valence electrons. The minimum atomic E-state index is -4.35. The fourth-order valence-corrected chi connectivity index (χ4v) is 2.46. The molecular formula is C13H23F3N2O. The summed E-state index contributed by atoms with van der Waals surface area (Å²) in [6, 6.07) is 0. The van der Waals surface area contributed by atoms with E-state index in [4.69, 9.17) is 0 Å². The summed E-state index contributed by atoms with van der Waals surface area (Å²) in [4.78, 5) is 13.3. The van der Waals surface area contributed by atoms with Gasteiger partial charge in [0.15, 0.2) is 0 Å². The quantitative estimate of drug-likeness (QED) is 0.858. The molecule has 0 aromatic heterocycles. The zero-order valence-corrected chi connectivity index (χ0v) is 11.8. The molecule has 0 spiro atoms. The predicted octanol–water partition coefficient (Wildman–Crippen LogP) is 2.57. The van der Waals surface area contributed by atoms with Crippen molar-refractivity contribution in [2.45, 2.75) is 51.7 Å². The van der Waals surface area contributed by atoms with Crippen LogP contribution in [0.4, 0.5) is 13.2 Å². The average Bonchev–Trinajstić information content (AvgIpc) is 2.25. The number of amides is 1. The molecule has 1 N–H and O–H groups in total. The number of halogens is 3. The average molecular weight is 280 g/mol. The maximum atomic E-state index is 12.6. The SMILES string of the molecule is CC(C)CN(CC(F)(F)F)C(=O)C1(C)CCCCN1. The molecule has 1 amide bonds. The van der Waals surface area contributed by atoms with Crippen LogP contribution in [0, 0.1) is 5.92 Å². The first kappa shape index (κ1) is 16.3. The lowest BCUT2D eigenvalue weighted by atomic mass is 9.89. The molecule has 0 aliphatic carbocycles. The molecule has 0 radical (unpaired) electrons. The summed E-state index contributed by atoms with van der Waals surface area (Å²) in [7, 11) is 0. The molecule has 1 fully saturated rings. The molecule has 1 aliphatic heterocycles. The van der Waals surface area contributed by atoms with E-state index in [1.54, 1.807) is 6.92 Å². The second-order valence-corrected chi connectivity index (χ2v) is 5.91. The number of hydrogen-bond acceptors (Lipinski definition) is 2. The number of nitrogens with one attached hydrogen (secondary N) is 1. The third-order valence-electron chi connectivity index (χ3n) is 3.33. The molecule has 0 aromatic rings. The van der Waals surface area contributed by atoms with Gasteiger partial charge in [-0.05, 0) is 38.6 Å². The molecule has 0 saturated carbocycles. The molecule has 1 saturated heterocycles. The fourth-order valence-electron chi connectivity index (χ4n) is 2.46. The van der Waals surface area contributed by atoms with Gasteiger partial charge in [0.25, 0.3) is 0 Å². The summed E-state index contributed by atoms with van der Waals surface area (Å²) in [5.74, 6) is -0.420. The van der Waals surface area contributed by atoms with E-state index < -0.39 is 24.2 Å². The van der Waals surface area contributed by atoms with Crippen molar-refractivity contribution in [3.63, 3.8) is 0 Å². The highest BCUT2D eigenvalue weighted by Crippen LogP contribution is 2.24. The number of nitrogens with zero attached hydrogens (tertiary/aromatic N) is 1. The first-order chi connectivity index (χ1) is 8.64. The Morgan fingerprint density at radius 2 is 2.00 bits per heavy atom. The minimum Gasteiger partial charge on any atom is -0.332 e. The molecule has 1 heterocycles. The van der Waals surface area contributed by atoms with Gasteiger partial charge < -0.3 is 10.2 Å². The van der Waals surface area contributed by atoms with Crippen molar-refractivity contribution in [3.05, 3.63) is 0 Å². The Morgan fingerprint density at radius 1 is 1.37 bits per heavy atom. The fraction of sp³-hybridized carbons (Fsp3) is 0.923. The predicted molar refractivity (Wildman–Crippen MR) is 67.7 cm³/mol. The first-order valence-corrected chi connectivity index (χ1v) is 6.75. The Bertz CT molecular complexity index is 310. The Kier molecular flexibility index (Phi) is 5.24. The molecule has 6 heteroatoms. The maximum absolute atomic E-state index is 12.6.